The van der Waals surface area contributed by atoms with E-state index >= 15 is 0 Å². The van der Waals surface area contributed by atoms with Gasteiger partial charge in [-0.2, -0.15) is 5.10 Å². The summed E-state index contributed by atoms with van der Waals surface area (Å²) < 4.78 is 1.90. The Morgan fingerprint density at radius 1 is 1.21 bits per heavy atom. The van der Waals surface area contributed by atoms with E-state index in [1.165, 1.54) is 16.9 Å². The first-order chi connectivity index (χ1) is 11.7. The van der Waals surface area contributed by atoms with Crippen molar-refractivity contribution < 1.29 is 10.0 Å². The lowest BCUT2D eigenvalue weighted by atomic mass is 10.1. The smallest absolute Gasteiger partial charge is 0.284 e. The Kier molecular flexibility index (Phi) is 5.30. The van der Waals surface area contributed by atoms with Crippen LogP contribution in [0, 0.1) is 0 Å². The van der Waals surface area contributed by atoms with Gasteiger partial charge in [0.15, 0.2) is 0 Å². The van der Waals surface area contributed by atoms with Crippen molar-refractivity contribution in [3.8, 4) is 10.6 Å². The van der Waals surface area contributed by atoms with Crippen LogP contribution < -0.4 is 5.48 Å². The number of nitrogens with one attached hydrogen (secondary N) is 1. The number of benzene rings is 1. The van der Waals surface area contributed by atoms with Crippen LogP contribution in [0.1, 0.15) is 21.7 Å². The highest BCUT2D eigenvalue weighted by molar-refractivity contribution is 7.17. The number of hydroxylamine groups is 1. The number of amides is 1. The van der Waals surface area contributed by atoms with Crippen LogP contribution in [0.2, 0.25) is 5.02 Å². The van der Waals surface area contributed by atoms with E-state index in [1.54, 1.807) is 11.5 Å². The van der Waals surface area contributed by atoms with Crippen molar-refractivity contribution in [2.75, 3.05) is 0 Å². The van der Waals surface area contributed by atoms with Gasteiger partial charge >= 0.3 is 0 Å². The molecule has 0 saturated heterocycles. The molecule has 3 aromatic rings. The minimum absolute atomic E-state index is 0.449. The fourth-order valence-electron chi connectivity index (χ4n) is 2.37. The Hall–Kier alpha value is -2.15. The van der Waals surface area contributed by atoms with E-state index in [2.05, 4.69) is 5.10 Å². The Labute approximate surface area is 148 Å². The molecule has 0 aliphatic heterocycles. The Bertz CT molecular complexity index is 826. The predicted octanol–water partition coefficient (Wildman–Crippen LogP) is 4.02. The van der Waals surface area contributed by atoms with Gasteiger partial charge in [0.05, 0.1) is 9.75 Å². The van der Waals surface area contributed by atoms with Gasteiger partial charge in [-0.3, -0.25) is 14.7 Å². The molecule has 0 unspecified atom stereocenters. The molecule has 1 aromatic carbocycles. The topological polar surface area (TPSA) is 67.2 Å². The quantitative estimate of drug-likeness (QED) is 0.514. The number of nitrogens with zero attached hydrogens (tertiary/aromatic N) is 2. The largest absolute Gasteiger partial charge is 0.288 e. The monoisotopic (exact) mass is 361 g/mol. The van der Waals surface area contributed by atoms with Crippen LogP contribution >= 0.6 is 22.9 Å². The van der Waals surface area contributed by atoms with Crippen LogP contribution in [0.3, 0.4) is 0 Å². The molecule has 0 bridgehead atoms. The van der Waals surface area contributed by atoms with Gasteiger partial charge in [-0.1, -0.05) is 23.7 Å². The van der Waals surface area contributed by atoms with Crippen LogP contribution in [0.15, 0.2) is 48.7 Å². The summed E-state index contributed by atoms with van der Waals surface area (Å²) in [7, 11) is 0. The van der Waals surface area contributed by atoms with Crippen molar-refractivity contribution in [2.45, 2.75) is 19.4 Å². The van der Waals surface area contributed by atoms with E-state index in [1.807, 2.05) is 47.3 Å². The molecule has 0 spiro atoms. The van der Waals surface area contributed by atoms with Gasteiger partial charge < -0.3 is 0 Å². The van der Waals surface area contributed by atoms with Crippen molar-refractivity contribution in [3.63, 3.8) is 0 Å². The average molecular weight is 362 g/mol. The molecule has 3 rings (SSSR count). The highest BCUT2D eigenvalue weighted by Gasteiger charge is 2.11. The fraction of sp³-hybridized carbons (Fsp3) is 0.176. The van der Waals surface area contributed by atoms with Crippen LogP contribution in [0.25, 0.3) is 10.6 Å². The summed E-state index contributed by atoms with van der Waals surface area (Å²) in [5, 5.41) is 13.9. The standard InChI is InChI=1S/C17H16ClN3O2S/c18-13-5-3-12(4-6-13)2-1-10-21-11-9-14(19-21)15-7-8-16(24-15)17(22)20-23/h3-9,11,23H,1-2,10H2,(H,20,22). The second-order valence-electron chi connectivity index (χ2n) is 5.30. The maximum atomic E-state index is 11.4. The van der Waals surface area contributed by atoms with E-state index in [0.29, 0.717) is 4.88 Å². The maximum absolute atomic E-state index is 11.4. The number of halogens is 1. The molecule has 0 fully saturated rings. The molecule has 2 N–H and O–H groups in total. The zero-order valence-electron chi connectivity index (χ0n) is 12.8. The maximum Gasteiger partial charge on any atom is 0.284 e. The summed E-state index contributed by atoms with van der Waals surface area (Å²) in [4.78, 5) is 12.7. The number of hydrogen-bond acceptors (Lipinski definition) is 4. The summed E-state index contributed by atoms with van der Waals surface area (Å²) in [6, 6.07) is 13.3. The van der Waals surface area contributed by atoms with Crippen molar-refractivity contribution in [1.82, 2.24) is 15.3 Å². The molecule has 0 saturated carbocycles. The Morgan fingerprint density at radius 2 is 2.00 bits per heavy atom. The average Bonchev–Trinajstić information content (AvgIpc) is 3.25. The van der Waals surface area contributed by atoms with Gasteiger partial charge in [0.2, 0.25) is 0 Å². The summed E-state index contributed by atoms with van der Waals surface area (Å²) in [5.41, 5.74) is 3.71. The molecule has 2 aromatic heterocycles. The summed E-state index contributed by atoms with van der Waals surface area (Å²) in [5.74, 6) is -0.506. The molecule has 124 valence electrons. The number of carbonyl (C=O) groups is 1. The summed E-state index contributed by atoms with van der Waals surface area (Å²) >= 11 is 7.17. The highest BCUT2D eigenvalue weighted by Crippen LogP contribution is 2.26. The lowest BCUT2D eigenvalue weighted by molar-refractivity contribution is 0.0711. The molecule has 1 amide bonds. The van der Waals surface area contributed by atoms with Crippen LogP contribution in [0.5, 0.6) is 0 Å². The highest BCUT2D eigenvalue weighted by atomic mass is 35.5. The van der Waals surface area contributed by atoms with E-state index in [9.17, 15) is 4.79 Å². The molecule has 0 atom stereocenters. The van der Waals surface area contributed by atoms with Gasteiger partial charge in [0.1, 0.15) is 5.69 Å². The molecule has 5 nitrogen and oxygen atoms in total. The van der Waals surface area contributed by atoms with Gasteiger partial charge in [-0.25, -0.2) is 5.48 Å². The first-order valence-corrected chi connectivity index (χ1v) is 8.68. The van der Waals surface area contributed by atoms with Crippen LogP contribution in [0.4, 0.5) is 0 Å². The third-order valence-corrected chi connectivity index (χ3v) is 4.95. The second kappa shape index (κ2) is 7.61. The molecule has 0 radical (unpaired) electrons. The van der Waals surface area contributed by atoms with Gasteiger partial charge in [0, 0.05) is 17.8 Å². The normalized spacial score (nSPS) is 10.8. The van der Waals surface area contributed by atoms with Gasteiger partial charge in [-0.05, 0) is 48.7 Å². The number of carbonyl (C=O) groups excluding carboxylic acids is 1. The Balaban J connectivity index is 1.58. The van der Waals surface area contributed by atoms with Crippen molar-refractivity contribution in [1.29, 1.82) is 0 Å². The van der Waals surface area contributed by atoms with Crippen LogP contribution in [-0.4, -0.2) is 20.9 Å². The number of aryl methyl sites for hydroxylation is 2. The molecule has 2 heterocycles. The SMILES string of the molecule is O=C(NO)c1ccc(-c2ccn(CCCc3ccc(Cl)cc3)n2)s1. The van der Waals surface area contributed by atoms with Crippen molar-refractivity contribution in [3.05, 3.63) is 64.1 Å². The van der Waals surface area contributed by atoms with E-state index < -0.39 is 5.91 Å². The van der Waals surface area contributed by atoms with Gasteiger partial charge in [-0.15, -0.1) is 11.3 Å². The number of hydrogen-bond donors (Lipinski definition) is 2. The Morgan fingerprint density at radius 3 is 2.75 bits per heavy atom. The third-order valence-electron chi connectivity index (χ3n) is 3.59. The van der Waals surface area contributed by atoms with E-state index in [0.717, 1.165) is 35.0 Å². The van der Waals surface area contributed by atoms with Gasteiger partial charge in [0.25, 0.3) is 5.91 Å². The first-order valence-electron chi connectivity index (χ1n) is 7.48. The fourth-order valence-corrected chi connectivity index (χ4v) is 3.35. The lowest BCUT2D eigenvalue weighted by Gasteiger charge is -2.02. The lowest BCUT2D eigenvalue weighted by Crippen LogP contribution is -2.16. The zero-order valence-corrected chi connectivity index (χ0v) is 14.3. The molecule has 7 heteroatoms. The summed E-state index contributed by atoms with van der Waals surface area (Å²) in [6.07, 6.45) is 3.88. The third kappa shape index (κ3) is 4.03. The minimum Gasteiger partial charge on any atom is -0.288 e. The predicted molar refractivity (Wildman–Crippen MR) is 94.6 cm³/mol. The molecule has 0 aliphatic rings. The number of thiophene rings is 1. The zero-order chi connectivity index (χ0) is 16.9. The molecule has 24 heavy (non-hydrogen) atoms. The second-order valence-corrected chi connectivity index (χ2v) is 6.82. The van der Waals surface area contributed by atoms with Crippen molar-refractivity contribution >= 4 is 28.8 Å². The first kappa shape index (κ1) is 16.7. The number of rotatable bonds is 6. The van der Waals surface area contributed by atoms with Crippen LogP contribution in [-0.2, 0) is 13.0 Å². The summed E-state index contributed by atoms with van der Waals surface area (Å²) in [6.45, 7) is 0.817. The molecular weight excluding hydrogens is 346 g/mol. The minimum atomic E-state index is -0.506. The van der Waals surface area contributed by atoms with E-state index in [-0.39, 0.29) is 0 Å². The number of aromatic nitrogens is 2. The molecule has 0 aliphatic carbocycles. The van der Waals surface area contributed by atoms with E-state index in [4.69, 9.17) is 16.8 Å². The molecular formula is C17H16ClN3O2S. The van der Waals surface area contributed by atoms with Crippen molar-refractivity contribution in [2.24, 2.45) is 0 Å².